The van der Waals surface area contributed by atoms with Gasteiger partial charge in [0.05, 0.1) is 5.69 Å². The molecule has 2 N–H and O–H groups in total. The van der Waals surface area contributed by atoms with E-state index >= 15 is 0 Å². The van der Waals surface area contributed by atoms with Gasteiger partial charge in [0.1, 0.15) is 18.0 Å². The van der Waals surface area contributed by atoms with Crippen molar-refractivity contribution in [2.75, 3.05) is 13.1 Å². The van der Waals surface area contributed by atoms with Crippen molar-refractivity contribution in [2.24, 2.45) is 11.1 Å². The van der Waals surface area contributed by atoms with Gasteiger partial charge >= 0.3 is 0 Å². The van der Waals surface area contributed by atoms with Crippen molar-refractivity contribution in [2.45, 2.75) is 46.4 Å². The minimum absolute atomic E-state index is 0.174. The molecular formula is C23H30N4O. The van der Waals surface area contributed by atoms with E-state index in [1.165, 1.54) is 11.1 Å². The number of piperidine rings is 1. The van der Waals surface area contributed by atoms with Crippen LogP contribution in [0.2, 0.25) is 0 Å². The van der Waals surface area contributed by atoms with E-state index in [4.69, 9.17) is 10.5 Å². The number of hydrogen-bond donors (Lipinski definition) is 1. The van der Waals surface area contributed by atoms with Crippen molar-refractivity contribution in [3.05, 3.63) is 65.6 Å². The summed E-state index contributed by atoms with van der Waals surface area (Å²) in [5, 5.41) is 0. The van der Waals surface area contributed by atoms with E-state index in [1.807, 2.05) is 22.9 Å². The van der Waals surface area contributed by atoms with Crippen LogP contribution in [0, 0.1) is 12.3 Å². The van der Waals surface area contributed by atoms with Gasteiger partial charge in [0.2, 0.25) is 0 Å². The topological polar surface area (TPSA) is 55.8 Å². The second kappa shape index (κ2) is 7.57. The van der Waals surface area contributed by atoms with Crippen LogP contribution in [-0.2, 0) is 13.2 Å². The zero-order valence-corrected chi connectivity index (χ0v) is 17.1. The summed E-state index contributed by atoms with van der Waals surface area (Å²) in [5.74, 6) is 0.874. The highest BCUT2D eigenvalue weighted by molar-refractivity contribution is 5.47. The number of aryl methyl sites for hydroxylation is 1. The molecule has 5 nitrogen and oxygen atoms in total. The van der Waals surface area contributed by atoms with Crippen LogP contribution in [0.5, 0.6) is 5.75 Å². The van der Waals surface area contributed by atoms with Gasteiger partial charge < -0.3 is 14.9 Å². The molecule has 0 aliphatic carbocycles. The molecule has 0 spiro atoms. The number of likely N-dealkylation sites (tertiary alicyclic amines) is 1. The first-order chi connectivity index (χ1) is 13.4. The fourth-order valence-corrected chi connectivity index (χ4v) is 4.00. The number of nitrogens with two attached hydrogens (primary N) is 1. The molecule has 0 bridgehead atoms. The number of rotatable bonds is 5. The number of hydrogen-bond acceptors (Lipinski definition) is 4. The molecule has 1 fully saturated rings. The lowest BCUT2D eigenvalue weighted by Gasteiger charge is -2.42. The third kappa shape index (κ3) is 4.05. The number of pyridine rings is 1. The molecule has 0 radical (unpaired) electrons. The normalized spacial score (nSPS) is 19.8. The summed E-state index contributed by atoms with van der Waals surface area (Å²) < 4.78 is 7.99. The number of benzene rings is 1. The highest BCUT2D eigenvalue weighted by atomic mass is 16.5. The molecule has 28 heavy (non-hydrogen) atoms. The van der Waals surface area contributed by atoms with E-state index in [0.29, 0.717) is 12.6 Å². The molecule has 0 saturated carbocycles. The molecule has 3 aromatic rings. The molecule has 0 amide bonds. The minimum Gasteiger partial charge on any atom is -0.487 e. The van der Waals surface area contributed by atoms with Crippen LogP contribution in [0.3, 0.4) is 0 Å². The summed E-state index contributed by atoms with van der Waals surface area (Å²) in [7, 11) is 0. The van der Waals surface area contributed by atoms with Gasteiger partial charge in [0.15, 0.2) is 0 Å². The molecule has 2 aromatic heterocycles. The molecule has 1 saturated heterocycles. The molecular weight excluding hydrogens is 348 g/mol. The third-order valence-corrected chi connectivity index (χ3v) is 5.84. The van der Waals surface area contributed by atoms with E-state index in [1.54, 1.807) is 0 Å². The average molecular weight is 379 g/mol. The summed E-state index contributed by atoms with van der Waals surface area (Å²) in [6.45, 7) is 10.1. The third-order valence-electron chi connectivity index (χ3n) is 5.84. The number of ether oxygens (including phenoxy) is 1. The standard InChI is InChI=1S/C23H30N4O/c1-17-5-4-11-27-14-19(25-22(17)27)15-28-20-8-6-18(7-9-20)13-26-12-10-21(24)23(2,3)16-26/h4-9,11,14,21H,10,12-13,15-16,24H2,1-3H3. The molecule has 5 heteroatoms. The molecule has 1 atom stereocenters. The molecule has 1 aliphatic rings. The van der Waals surface area contributed by atoms with Gasteiger partial charge in [0, 0.05) is 38.1 Å². The van der Waals surface area contributed by atoms with Gasteiger partial charge in [-0.05, 0) is 48.1 Å². The van der Waals surface area contributed by atoms with E-state index in [9.17, 15) is 0 Å². The van der Waals surface area contributed by atoms with Gasteiger partial charge in [-0.3, -0.25) is 4.90 Å². The molecule has 4 rings (SSSR count). The van der Waals surface area contributed by atoms with Crippen LogP contribution in [-0.4, -0.2) is 33.4 Å². The van der Waals surface area contributed by atoms with Crippen LogP contribution < -0.4 is 10.5 Å². The van der Waals surface area contributed by atoms with Gasteiger partial charge in [-0.25, -0.2) is 4.98 Å². The maximum atomic E-state index is 6.25. The highest BCUT2D eigenvalue weighted by Crippen LogP contribution is 2.28. The van der Waals surface area contributed by atoms with Crippen molar-refractivity contribution >= 4 is 5.65 Å². The van der Waals surface area contributed by atoms with Crippen LogP contribution in [0.25, 0.3) is 5.65 Å². The Morgan fingerprint density at radius 1 is 1.21 bits per heavy atom. The van der Waals surface area contributed by atoms with Gasteiger partial charge in [-0.15, -0.1) is 0 Å². The van der Waals surface area contributed by atoms with Gasteiger partial charge in [0.25, 0.3) is 0 Å². The van der Waals surface area contributed by atoms with Crippen LogP contribution in [0.4, 0.5) is 0 Å². The Morgan fingerprint density at radius 2 is 2.00 bits per heavy atom. The van der Waals surface area contributed by atoms with Crippen LogP contribution >= 0.6 is 0 Å². The molecule has 148 valence electrons. The fraction of sp³-hybridized carbons (Fsp3) is 0.435. The predicted molar refractivity (Wildman–Crippen MR) is 112 cm³/mol. The lowest BCUT2D eigenvalue weighted by atomic mass is 9.79. The minimum atomic E-state index is 0.174. The average Bonchev–Trinajstić information content (AvgIpc) is 3.09. The lowest BCUT2D eigenvalue weighted by molar-refractivity contribution is 0.0898. The Kier molecular flexibility index (Phi) is 5.13. The van der Waals surface area contributed by atoms with E-state index in [2.05, 4.69) is 61.0 Å². The van der Waals surface area contributed by atoms with Gasteiger partial charge in [-0.2, -0.15) is 0 Å². The molecule has 1 aromatic carbocycles. The summed E-state index contributed by atoms with van der Waals surface area (Å²) in [6.07, 6.45) is 5.11. The van der Waals surface area contributed by atoms with Gasteiger partial charge in [-0.1, -0.05) is 32.0 Å². The quantitative estimate of drug-likeness (QED) is 0.734. The summed E-state index contributed by atoms with van der Waals surface area (Å²) in [6, 6.07) is 12.8. The monoisotopic (exact) mass is 378 g/mol. The lowest BCUT2D eigenvalue weighted by Crippen LogP contribution is -2.52. The van der Waals surface area contributed by atoms with Crippen molar-refractivity contribution in [3.8, 4) is 5.75 Å². The van der Waals surface area contributed by atoms with Crippen LogP contribution in [0.1, 0.15) is 37.1 Å². The second-order valence-corrected chi connectivity index (χ2v) is 8.68. The number of aromatic nitrogens is 2. The smallest absolute Gasteiger partial charge is 0.140 e. The summed E-state index contributed by atoms with van der Waals surface area (Å²) in [5.41, 5.74) is 10.8. The highest BCUT2D eigenvalue weighted by Gasteiger charge is 2.33. The largest absolute Gasteiger partial charge is 0.487 e. The second-order valence-electron chi connectivity index (χ2n) is 8.68. The number of fused-ring (bicyclic) bond motifs is 1. The number of imidazole rings is 1. The zero-order valence-electron chi connectivity index (χ0n) is 17.1. The van der Waals surface area contributed by atoms with E-state index in [0.717, 1.165) is 43.1 Å². The maximum Gasteiger partial charge on any atom is 0.140 e. The Balaban J connectivity index is 1.35. The van der Waals surface area contributed by atoms with E-state index in [-0.39, 0.29) is 5.41 Å². The number of nitrogens with zero attached hydrogens (tertiary/aromatic N) is 3. The van der Waals surface area contributed by atoms with Crippen molar-refractivity contribution < 1.29 is 4.74 Å². The molecule has 1 aliphatic heterocycles. The summed E-state index contributed by atoms with van der Waals surface area (Å²) >= 11 is 0. The van der Waals surface area contributed by atoms with E-state index < -0.39 is 0 Å². The Morgan fingerprint density at radius 3 is 2.71 bits per heavy atom. The summed E-state index contributed by atoms with van der Waals surface area (Å²) in [4.78, 5) is 7.16. The SMILES string of the molecule is Cc1cccn2cc(COc3ccc(CN4CCC(N)C(C)(C)C4)cc3)nc12. The first-order valence-electron chi connectivity index (χ1n) is 10.0. The Labute approximate surface area is 167 Å². The van der Waals surface area contributed by atoms with Crippen molar-refractivity contribution in [1.82, 2.24) is 14.3 Å². The van der Waals surface area contributed by atoms with Crippen LogP contribution in [0.15, 0.2) is 48.8 Å². The first kappa shape index (κ1) is 19.0. The molecule has 3 heterocycles. The zero-order chi connectivity index (χ0) is 19.7. The van der Waals surface area contributed by atoms with Crippen molar-refractivity contribution in [1.29, 1.82) is 0 Å². The predicted octanol–water partition coefficient (Wildman–Crippen LogP) is 3.78. The Bertz CT molecular complexity index is 945. The molecule has 1 unspecified atom stereocenters. The first-order valence-corrected chi connectivity index (χ1v) is 10.0. The fourth-order valence-electron chi connectivity index (χ4n) is 4.00. The Hall–Kier alpha value is -2.37. The van der Waals surface area contributed by atoms with Crippen molar-refractivity contribution in [3.63, 3.8) is 0 Å². The maximum absolute atomic E-state index is 6.25.